The summed E-state index contributed by atoms with van der Waals surface area (Å²) < 4.78 is 2.24. The number of aromatic nitrogens is 4. The Bertz CT molecular complexity index is 3500. The van der Waals surface area contributed by atoms with Gasteiger partial charge in [0.25, 0.3) is 0 Å². The highest BCUT2D eigenvalue weighted by molar-refractivity contribution is 5.97. The average Bonchev–Trinajstić information content (AvgIpc) is 3.98. The molecule has 0 atom stereocenters. The van der Waals surface area contributed by atoms with Crippen LogP contribution in [0.25, 0.3) is 95.0 Å². The molecule has 4 nitrogen and oxygen atoms in total. The van der Waals surface area contributed by atoms with Gasteiger partial charge in [0.1, 0.15) is 5.82 Å². The fraction of sp³-hybridized carbons (Fsp3) is 0.0172. The number of imidazole rings is 1. The molecule has 0 N–H and O–H groups in total. The average molecular weight is 789 g/mol. The van der Waals surface area contributed by atoms with Crippen molar-refractivity contribution in [2.45, 2.75) is 5.41 Å². The molecular formula is C58H36N4. The molecule has 0 fully saturated rings. The minimum atomic E-state index is -0.440. The van der Waals surface area contributed by atoms with Crippen LogP contribution in [0.3, 0.4) is 0 Å². The van der Waals surface area contributed by atoms with Gasteiger partial charge >= 0.3 is 0 Å². The fourth-order valence-electron chi connectivity index (χ4n) is 10.3. The molecule has 1 spiro atoms. The van der Waals surface area contributed by atoms with E-state index in [2.05, 4.69) is 199 Å². The lowest BCUT2D eigenvalue weighted by Gasteiger charge is -2.30. The Morgan fingerprint density at radius 3 is 1.34 bits per heavy atom. The third-order valence-corrected chi connectivity index (χ3v) is 13.1. The first-order chi connectivity index (χ1) is 30.7. The van der Waals surface area contributed by atoms with E-state index in [9.17, 15) is 0 Å². The minimum Gasteiger partial charge on any atom is -0.292 e. The molecule has 0 radical (unpaired) electrons. The third-order valence-electron chi connectivity index (χ3n) is 13.1. The standard InChI is InChI=1S/C58H36N4/c1-2-14-42(15-3-1)62-54-25-13-12-24-53(54)61-57(62)40-32-28-38(29-33-40)37-26-30-39(31-27-37)55-56(60-52-23-11-10-22-51(52)59-55)41-34-35-46-45-18-6-9-21-49(45)58(50(46)36-41)47-19-7-4-16-43(47)44-17-5-8-20-48(44)58/h1-36H. The van der Waals surface area contributed by atoms with E-state index >= 15 is 0 Å². The highest BCUT2D eigenvalue weighted by Gasteiger charge is 2.51. The van der Waals surface area contributed by atoms with E-state index in [1.165, 1.54) is 44.5 Å². The van der Waals surface area contributed by atoms with Gasteiger partial charge in [-0.3, -0.25) is 4.57 Å². The summed E-state index contributed by atoms with van der Waals surface area (Å²) in [5.41, 5.74) is 22.0. The van der Waals surface area contributed by atoms with E-state index < -0.39 is 5.41 Å². The summed E-state index contributed by atoms with van der Waals surface area (Å²) in [6, 6.07) is 78.3. The van der Waals surface area contributed by atoms with Crippen LogP contribution in [0.15, 0.2) is 218 Å². The molecule has 0 amide bonds. The van der Waals surface area contributed by atoms with Gasteiger partial charge in [-0.15, -0.1) is 0 Å². The van der Waals surface area contributed by atoms with E-state index in [-0.39, 0.29) is 0 Å². The first-order valence-electron chi connectivity index (χ1n) is 21.2. The maximum absolute atomic E-state index is 5.39. The normalized spacial score (nSPS) is 13.0. The zero-order chi connectivity index (χ0) is 40.8. The number of benzene rings is 9. The quantitative estimate of drug-likeness (QED) is 0.174. The van der Waals surface area contributed by atoms with Gasteiger partial charge < -0.3 is 0 Å². The summed E-state index contributed by atoms with van der Waals surface area (Å²) in [6.45, 7) is 0. The van der Waals surface area contributed by atoms with Crippen LogP contribution in [0, 0.1) is 0 Å². The first kappa shape index (κ1) is 34.6. The molecule has 0 unspecified atom stereocenters. The molecule has 11 aromatic rings. The van der Waals surface area contributed by atoms with Crippen LogP contribution < -0.4 is 0 Å². The van der Waals surface area contributed by atoms with Gasteiger partial charge in [0.2, 0.25) is 0 Å². The Hall–Kier alpha value is -8.21. The molecule has 0 saturated carbocycles. The summed E-state index contributed by atoms with van der Waals surface area (Å²) in [5.74, 6) is 0.921. The summed E-state index contributed by atoms with van der Waals surface area (Å²) in [5, 5.41) is 0. The van der Waals surface area contributed by atoms with Crippen LogP contribution in [0.2, 0.25) is 0 Å². The molecule has 2 heterocycles. The largest absolute Gasteiger partial charge is 0.292 e. The smallest absolute Gasteiger partial charge is 0.145 e. The summed E-state index contributed by atoms with van der Waals surface area (Å²) in [4.78, 5) is 15.8. The number of rotatable bonds is 5. The number of fused-ring (bicyclic) bond motifs is 12. The highest BCUT2D eigenvalue weighted by atomic mass is 15.1. The third kappa shape index (κ3) is 4.98. The Kier molecular flexibility index (Phi) is 7.49. The van der Waals surface area contributed by atoms with Crippen molar-refractivity contribution in [2.24, 2.45) is 0 Å². The predicted octanol–water partition coefficient (Wildman–Crippen LogP) is 14.0. The second kappa shape index (κ2) is 13.4. The Labute approximate surface area is 359 Å². The van der Waals surface area contributed by atoms with Crippen molar-refractivity contribution in [3.8, 4) is 73.0 Å². The fourth-order valence-corrected chi connectivity index (χ4v) is 10.3. The second-order valence-electron chi connectivity index (χ2n) is 16.3. The minimum absolute atomic E-state index is 0.440. The van der Waals surface area contributed by atoms with Crippen molar-refractivity contribution in [2.75, 3.05) is 0 Å². The Morgan fingerprint density at radius 2 is 0.742 bits per heavy atom. The van der Waals surface area contributed by atoms with Crippen LogP contribution in [0.4, 0.5) is 0 Å². The van der Waals surface area contributed by atoms with Gasteiger partial charge in [-0.1, -0.05) is 176 Å². The number of para-hydroxylation sites is 5. The lowest BCUT2D eigenvalue weighted by atomic mass is 9.70. The van der Waals surface area contributed by atoms with Crippen molar-refractivity contribution >= 4 is 22.1 Å². The van der Waals surface area contributed by atoms with E-state index in [1.807, 2.05) is 24.3 Å². The molecule has 0 aliphatic heterocycles. The molecule has 9 aromatic carbocycles. The summed E-state index contributed by atoms with van der Waals surface area (Å²) in [6.07, 6.45) is 0. The van der Waals surface area contributed by atoms with Crippen LogP contribution in [-0.4, -0.2) is 19.5 Å². The number of hydrogen-bond donors (Lipinski definition) is 0. The van der Waals surface area contributed by atoms with Crippen LogP contribution in [0.5, 0.6) is 0 Å². The SMILES string of the molecule is c1ccc(-n2c(-c3ccc(-c4ccc(-c5nc6ccccc6nc5-c5ccc6c(c5)C5(c7ccccc7-c7ccccc75)c5ccccc5-6)cc4)cc3)nc3ccccc32)cc1. The summed E-state index contributed by atoms with van der Waals surface area (Å²) in [7, 11) is 0. The maximum Gasteiger partial charge on any atom is 0.145 e. The van der Waals surface area contributed by atoms with Crippen molar-refractivity contribution < 1.29 is 0 Å². The van der Waals surface area contributed by atoms with Crippen molar-refractivity contribution in [1.82, 2.24) is 19.5 Å². The Balaban J connectivity index is 0.917. The molecule has 4 heteroatoms. The molecule has 2 aromatic heterocycles. The zero-order valence-corrected chi connectivity index (χ0v) is 33.6. The molecule has 0 bridgehead atoms. The van der Waals surface area contributed by atoms with Crippen LogP contribution >= 0.6 is 0 Å². The monoisotopic (exact) mass is 788 g/mol. The highest BCUT2D eigenvalue weighted by Crippen LogP contribution is 2.63. The van der Waals surface area contributed by atoms with Gasteiger partial charge in [-0.2, -0.15) is 0 Å². The second-order valence-corrected chi connectivity index (χ2v) is 16.3. The molecule has 2 aliphatic rings. The van der Waals surface area contributed by atoms with Crippen molar-refractivity contribution in [3.05, 3.63) is 241 Å². The number of nitrogens with zero attached hydrogens (tertiary/aromatic N) is 4. The molecule has 288 valence electrons. The van der Waals surface area contributed by atoms with Crippen molar-refractivity contribution in [3.63, 3.8) is 0 Å². The lowest BCUT2D eigenvalue weighted by Crippen LogP contribution is -2.25. The van der Waals surface area contributed by atoms with E-state index in [4.69, 9.17) is 15.0 Å². The summed E-state index contributed by atoms with van der Waals surface area (Å²) >= 11 is 0. The van der Waals surface area contributed by atoms with E-state index in [0.29, 0.717) is 0 Å². The van der Waals surface area contributed by atoms with Gasteiger partial charge in [-0.25, -0.2) is 15.0 Å². The first-order valence-corrected chi connectivity index (χ1v) is 21.2. The molecule has 0 saturated heterocycles. The van der Waals surface area contributed by atoms with E-state index in [1.54, 1.807) is 0 Å². The zero-order valence-electron chi connectivity index (χ0n) is 33.6. The molecule has 13 rings (SSSR count). The van der Waals surface area contributed by atoms with Gasteiger partial charge in [-0.05, 0) is 98.1 Å². The van der Waals surface area contributed by atoms with Crippen LogP contribution in [0.1, 0.15) is 22.3 Å². The van der Waals surface area contributed by atoms with E-state index in [0.717, 1.165) is 72.8 Å². The van der Waals surface area contributed by atoms with Crippen LogP contribution in [-0.2, 0) is 5.41 Å². The Morgan fingerprint density at radius 1 is 0.306 bits per heavy atom. The number of hydrogen-bond acceptors (Lipinski definition) is 3. The van der Waals surface area contributed by atoms with Gasteiger partial charge in [0.15, 0.2) is 0 Å². The topological polar surface area (TPSA) is 43.6 Å². The van der Waals surface area contributed by atoms with Gasteiger partial charge in [0.05, 0.1) is 38.9 Å². The molecular weight excluding hydrogens is 753 g/mol. The van der Waals surface area contributed by atoms with Crippen molar-refractivity contribution in [1.29, 1.82) is 0 Å². The maximum atomic E-state index is 5.39. The predicted molar refractivity (Wildman–Crippen MR) is 252 cm³/mol. The molecule has 2 aliphatic carbocycles. The lowest BCUT2D eigenvalue weighted by molar-refractivity contribution is 0.794. The van der Waals surface area contributed by atoms with Gasteiger partial charge in [0, 0.05) is 22.4 Å². The molecule has 62 heavy (non-hydrogen) atoms.